The lowest BCUT2D eigenvalue weighted by molar-refractivity contribution is 0.145. The number of hydrogen-bond donors (Lipinski definition) is 2. The number of amides is 2. The molecule has 4 nitrogen and oxygen atoms in total. The molecule has 1 aromatic carbocycles. The number of nitrogens with one attached hydrogen (secondary N) is 2. The predicted octanol–water partition coefficient (Wildman–Crippen LogP) is 3.60. The van der Waals surface area contributed by atoms with Crippen LogP contribution in [-0.4, -0.2) is 36.6 Å². The van der Waals surface area contributed by atoms with Crippen molar-refractivity contribution in [3.63, 3.8) is 0 Å². The monoisotopic (exact) mass is 307 g/mol. The van der Waals surface area contributed by atoms with Gasteiger partial charge in [0.25, 0.3) is 0 Å². The van der Waals surface area contributed by atoms with Gasteiger partial charge in [-0.3, -0.25) is 4.90 Å². The van der Waals surface area contributed by atoms with Gasteiger partial charge in [0.15, 0.2) is 0 Å². The zero-order chi connectivity index (χ0) is 15.8. The summed E-state index contributed by atoms with van der Waals surface area (Å²) in [5.41, 5.74) is 0.214. The summed E-state index contributed by atoms with van der Waals surface area (Å²) < 4.78 is 13.5. The van der Waals surface area contributed by atoms with Crippen molar-refractivity contribution in [1.29, 1.82) is 0 Å². The first-order valence-electron chi connectivity index (χ1n) is 8.24. The Morgan fingerprint density at radius 3 is 2.95 bits per heavy atom. The number of nitrogens with zero attached hydrogens (tertiary/aromatic N) is 1. The van der Waals surface area contributed by atoms with E-state index >= 15 is 0 Å². The molecule has 2 N–H and O–H groups in total. The fourth-order valence-electron chi connectivity index (χ4n) is 2.89. The maximum Gasteiger partial charge on any atom is 0.319 e. The predicted molar refractivity (Wildman–Crippen MR) is 87.5 cm³/mol. The van der Waals surface area contributed by atoms with Crippen molar-refractivity contribution in [2.45, 2.75) is 45.1 Å². The standard InChI is InChI=1S/C17H26FN3O/c1-2-3-11-21-12-7-6-8-14(21)13-19-17(22)20-16-10-5-4-9-15(16)18/h4-5,9-10,14H,2-3,6-8,11-13H2,1H3,(H2,19,20,22). The lowest BCUT2D eigenvalue weighted by atomic mass is 10.0. The lowest BCUT2D eigenvalue weighted by Gasteiger charge is -2.35. The average molecular weight is 307 g/mol. The van der Waals surface area contributed by atoms with Crippen molar-refractivity contribution >= 4 is 11.7 Å². The van der Waals surface area contributed by atoms with Crippen LogP contribution in [0.2, 0.25) is 0 Å². The maximum atomic E-state index is 13.5. The molecule has 1 aliphatic rings. The third-order valence-electron chi connectivity index (χ3n) is 4.17. The summed E-state index contributed by atoms with van der Waals surface area (Å²) in [6.07, 6.45) is 5.94. The number of unbranched alkanes of at least 4 members (excludes halogenated alkanes) is 1. The van der Waals surface area contributed by atoms with E-state index in [0.29, 0.717) is 12.6 Å². The van der Waals surface area contributed by atoms with Crippen molar-refractivity contribution < 1.29 is 9.18 Å². The van der Waals surface area contributed by atoms with Crippen LogP contribution in [0.4, 0.5) is 14.9 Å². The fourth-order valence-corrected chi connectivity index (χ4v) is 2.89. The molecule has 0 radical (unpaired) electrons. The van der Waals surface area contributed by atoms with Crippen LogP contribution in [-0.2, 0) is 0 Å². The van der Waals surface area contributed by atoms with Gasteiger partial charge in [-0.1, -0.05) is 31.9 Å². The second-order valence-corrected chi connectivity index (χ2v) is 5.85. The van der Waals surface area contributed by atoms with E-state index in [4.69, 9.17) is 0 Å². The summed E-state index contributed by atoms with van der Waals surface area (Å²) in [6, 6.07) is 6.25. The molecular formula is C17H26FN3O. The molecule has 1 atom stereocenters. The van der Waals surface area contributed by atoms with Gasteiger partial charge in [0, 0.05) is 12.6 Å². The largest absolute Gasteiger partial charge is 0.336 e. The molecule has 122 valence electrons. The second-order valence-electron chi connectivity index (χ2n) is 5.85. The summed E-state index contributed by atoms with van der Waals surface area (Å²) in [4.78, 5) is 14.4. The van der Waals surface area contributed by atoms with Gasteiger partial charge < -0.3 is 10.6 Å². The molecule has 2 amide bonds. The fraction of sp³-hybridized carbons (Fsp3) is 0.588. The number of anilines is 1. The zero-order valence-corrected chi connectivity index (χ0v) is 13.3. The summed E-state index contributed by atoms with van der Waals surface area (Å²) in [7, 11) is 0. The van der Waals surface area contributed by atoms with Crippen molar-refractivity contribution in [3.05, 3.63) is 30.1 Å². The number of carbonyl (C=O) groups is 1. The van der Waals surface area contributed by atoms with Gasteiger partial charge in [0.1, 0.15) is 5.82 Å². The van der Waals surface area contributed by atoms with Gasteiger partial charge in [-0.05, 0) is 44.5 Å². The van der Waals surface area contributed by atoms with Crippen LogP contribution >= 0.6 is 0 Å². The van der Waals surface area contributed by atoms with E-state index in [-0.39, 0.29) is 11.7 Å². The zero-order valence-electron chi connectivity index (χ0n) is 13.3. The topological polar surface area (TPSA) is 44.4 Å². The number of piperidine rings is 1. The van der Waals surface area contributed by atoms with Crippen LogP contribution in [0.1, 0.15) is 39.0 Å². The molecule has 0 bridgehead atoms. The molecule has 5 heteroatoms. The Hall–Kier alpha value is -1.62. The first-order chi connectivity index (χ1) is 10.7. The highest BCUT2D eigenvalue weighted by Gasteiger charge is 2.22. The Bertz CT molecular complexity index is 481. The normalized spacial score (nSPS) is 18.9. The van der Waals surface area contributed by atoms with Crippen LogP contribution in [0.5, 0.6) is 0 Å². The van der Waals surface area contributed by atoms with Crippen LogP contribution in [0.15, 0.2) is 24.3 Å². The smallest absolute Gasteiger partial charge is 0.319 e. The van der Waals surface area contributed by atoms with Gasteiger partial charge in [0.2, 0.25) is 0 Å². The lowest BCUT2D eigenvalue weighted by Crippen LogP contribution is -2.47. The molecule has 0 aliphatic carbocycles. The molecule has 2 rings (SSSR count). The van der Waals surface area contributed by atoms with Gasteiger partial charge in [0.05, 0.1) is 5.69 Å². The molecule has 1 unspecified atom stereocenters. The van der Waals surface area contributed by atoms with Crippen molar-refractivity contribution in [2.24, 2.45) is 0 Å². The van der Waals surface area contributed by atoms with Crippen LogP contribution in [0.25, 0.3) is 0 Å². The van der Waals surface area contributed by atoms with Crippen LogP contribution in [0.3, 0.4) is 0 Å². The molecule has 0 spiro atoms. The highest BCUT2D eigenvalue weighted by molar-refractivity contribution is 5.89. The van der Waals surface area contributed by atoms with E-state index in [9.17, 15) is 9.18 Å². The highest BCUT2D eigenvalue weighted by Crippen LogP contribution is 2.17. The van der Waals surface area contributed by atoms with Crippen molar-refractivity contribution in [1.82, 2.24) is 10.2 Å². The van der Waals surface area contributed by atoms with Gasteiger partial charge in [-0.15, -0.1) is 0 Å². The van der Waals surface area contributed by atoms with Gasteiger partial charge in [-0.25, -0.2) is 9.18 Å². The van der Waals surface area contributed by atoms with Crippen molar-refractivity contribution in [3.8, 4) is 0 Å². The Kier molecular flexibility index (Phi) is 6.65. The minimum Gasteiger partial charge on any atom is -0.336 e. The minimum absolute atomic E-state index is 0.214. The van der Waals surface area contributed by atoms with Crippen LogP contribution in [0, 0.1) is 5.82 Å². The number of halogens is 1. The molecular weight excluding hydrogens is 281 g/mol. The van der Waals surface area contributed by atoms with Gasteiger partial charge >= 0.3 is 6.03 Å². The van der Waals surface area contributed by atoms with E-state index in [1.54, 1.807) is 18.2 Å². The SMILES string of the molecule is CCCCN1CCCCC1CNC(=O)Nc1ccccc1F. The molecule has 0 aromatic heterocycles. The Labute approximate surface area is 132 Å². The first kappa shape index (κ1) is 16.7. The Balaban J connectivity index is 1.80. The maximum absolute atomic E-state index is 13.5. The van der Waals surface area contributed by atoms with Crippen LogP contribution < -0.4 is 10.6 Å². The quantitative estimate of drug-likeness (QED) is 0.843. The molecule has 0 saturated carbocycles. The number of para-hydroxylation sites is 1. The summed E-state index contributed by atoms with van der Waals surface area (Å²) >= 11 is 0. The summed E-state index contributed by atoms with van der Waals surface area (Å²) in [5.74, 6) is -0.417. The number of hydrogen-bond acceptors (Lipinski definition) is 2. The molecule has 22 heavy (non-hydrogen) atoms. The number of rotatable bonds is 6. The number of carbonyl (C=O) groups excluding carboxylic acids is 1. The summed E-state index contributed by atoms with van der Waals surface area (Å²) in [6.45, 7) is 5.02. The van der Waals surface area contributed by atoms with Gasteiger partial charge in [-0.2, -0.15) is 0 Å². The number of likely N-dealkylation sites (tertiary alicyclic amines) is 1. The number of benzene rings is 1. The molecule has 1 saturated heterocycles. The Morgan fingerprint density at radius 1 is 1.36 bits per heavy atom. The molecule has 1 aromatic rings. The third kappa shape index (κ3) is 4.98. The first-order valence-corrected chi connectivity index (χ1v) is 8.24. The van der Waals surface area contributed by atoms with E-state index < -0.39 is 5.82 Å². The molecule has 1 fully saturated rings. The van der Waals surface area contributed by atoms with E-state index in [1.165, 1.54) is 31.7 Å². The van der Waals surface area contributed by atoms with E-state index in [1.807, 2.05) is 0 Å². The van der Waals surface area contributed by atoms with E-state index in [0.717, 1.165) is 19.5 Å². The minimum atomic E-state index is -0.417. The number of urea groups is 1. The second kappa shape index (κ2) is 8.73. The van der Waals surface area contributed by atoms with Crippen molar-refractivity contribution in [2.75, 3.05) is 25.0 Å². The molecule has 1 aliphatic heterocycles. The highest BCUT2D eigenvalue weighted by atomic mass is 19.1. The third-order valence-corrected chi connectivity index (χ3v) is 4.17. The average Bonchev–Trinajstić information content (AvgIpc) is 2.54. The Morgan fingerprint density at radius 2 is 2.18 bits per heavy atom. The summed E-state index contributed by atoms with van der Waals surface area (Å²) in [5, 5.41) is 5.44. The molecule has 1 heterocycles. The van der Waals surface area contributed by atoms with E-state index in [2.05, 4.69) is 22.5 Å².